The Labute approximate surface area is 237 Å². The van der Waals surface area contributed by atoms with Crippen molar-refractivity contribution in [1.82, 2.24) is 19.7 Å². The standard InChI is InChI=1S/C34H40N4O2/c1-5-29(25-14-8-6-9-15-25)35-32(39)31-27-18-12-13-19-28(27)33(40)38(26-16-10-7-11-17-26)30(31)24-36-20-22-37(23-21-36)34(2,3)4/h6-19,29H,5,20-24H2,1-4H3,(H,35,39)/t29-/m0/s1. The highest BCUT2D eigenvalue weighted by Crippen LogP contribution is 2.27. The molecule has 1 saturated heterocycles. The Morgan fingerprint density at radius 1 is 0.825 bits per heavy atom. The van der Waals surface area contributed by atoms with Crippen LogP contribution in [0.15, 0.2) is 89.7 Å². The number of para-hydroxylation sites is 1. The van der Waals surface area contributed by atoms with E-state index in [-0.39, 0.29) is 23.0 Å². The Kier molecular flexibility index (Phi) is 8.19. The van der Waals surface area contributed by atoms with Crippen molar-refractivity contribution in [3.05, 3.63) is 112 Å². The minimum absolute atomic E-state index is 0.100. The number of piperazine rings is 1. The highest BCUT2D eigenvalue weighted by atomic mass is 16.2. The molecule has 1 aliphatic rings. The van der Waals surface area contributed by atoms with Crippen molar-refractivity contribution >= 4 is 16.7 Å². The predicted molar refractivity (Wildman–Crippen MR) is 163 cm³/mol. The van der Waals surface area contributed by atoms with Crippen LogP contribution in [-0.2, 0) is 6.54 Å². The summed E-state index contributed by atoms with van der Waals surface area (Å²) in [4.78, 5) is 33.2. The molecular formula is C34H40N4O2. The zero-order chi connectivity index (χ0) is 28.3. The number of benzene rings is 3. The van der Waals surface area contributed by atoms with Crippen molar-refractivity contribution < 1.29 is 4.79 Å². The summed E-state index contributed by atoms with van der Waals surface area (Å²) in [5.74, 6) is -0.153. The molecule has 1 amide bonds. The molecule has 1 fully saturated rings. The van der Waals surface area contributed by atoms with Crippen molar-refractivity contribution in [2.45, 2.75) is 52.2 Å². The lowest BCUT2D eigenvalue weighted by atomic mass is 9.99. The topological polar surface area (TPSA) is 57.6 Å². The minimum atomic E-state index is -0.153. The zero-order valence-electron chi connectivity index (χ0n) is 24.1. The largest absolute Gasteiger partial charge is 0.345 e. The van der Waals surface area contributed by atoms with Gasteiger partial charge in [-0.05, 0) is 51.0 Å². The predicted octanol–water partition coefficient (Wildman–Crippen LogP) is 5.79. The molecule has 208 valence electrons. The van der Waals surface area contributed by atoms with E-state index in [4.69, 9.17) is 0 Å². The first-order chi connectivity index (χ1) is 19.3. The summed E-state index contributed by atoms with van der Waals surface area (Å²) < 4.78 is 1.76. The first-order valence-corrected chi connectivity index (χ1v) is 14.3. The Morgan fingerprint density at radius 2 is 1.40 bits per heavy atom. The molecule has 5 rings (SSSR count). The number of nitrogens with one attached hydrogen (secondary N) is 1. The molecule has 0 bridgehead atoms. The number of pyridine rings is 1. The van der Waals surface area contributed by atoms with Crippen LogP contribution in [-0.4, -0.2) is 52.0 Å². The molecule has 0 saturated carbocycles. The van der Waals surface area contributed by atoms with Crippen LogP contribution < -0.4 is 10.9 Å². The fourth-order valence-electron chi connectivity index (χ4n) is 5.78. The lowest BCUT2D eigenvalue weighted by Crippen LogP contribution is -2.53. The van der Waals surface area contributed by atoms with E-state index in [1.165, 1.54) is 0 Å². The fraction of sp³-hybridized carbons (Fsp3) is 0.353. The second kappa shape index (κ2) is 11.8. The summed E-state index contributed by atoms with van der Waals surface area (Å²) in [6, 6.07) is 27.2. The molecule has 3 aromatic carbocycles. The van der Waals surface area contributed by atoms with Gasteiger partial charge in [-0.1, -0.05) is 73.7 Å². The Morgan fingerprint density at radius 3 is 2.00 bits per heavy atom. The van der Waals surface area contributed by atoms with Crippen LogP contribution in [0.5, 0.6) is 0 Å². The first-order valence-electron chi connectivity index (χ1n) is 14.3. The third-order valence-electron chi connectivity index (χ3n) is 8.04. The number of aromatic nitrogens is 1. The van der Waals surface area contributed by atoms with E-state index >= 15 is 0 Å². The normalized spacial score (nSPS) is 15.7. The van der Waals surface area contributed by atoms with E-state index in [1.54, 1.807) is 4.57 Å². The first kappa shape index (κ1) is 27.8. The van der Waals surface area contributed by atoms with Gasteiger partial charge in [0.2, 0.25) is 0 Å². The molecule has 1 N–H and O–H groups in total. The SMILES string of the molecule is CC[C@H](NC(=O)c1c(CN2CCN(C(C)(C)C)CC2)n(-c2ccccc2)c(=O)c2ccccc12)c1ccccc1. The van der Waals surface area contributed by atoms with Crippen LogP contribution in [0, 0.1) is 0 Å². The van der Waals surface area contributed by atoms with Gasteiger partial charge >= 0.3 is 0 Å². The number of hydrogen-bond donors (Lipinski definition) is 1. The van der Waals surface area contributed by atoms with Crippen molar-refractivity contribution in [2.24, 2.45) is 0 Å². The summed E-state index contributed by atoms with van der Waals surface area (Å²) in [5, 5.41) is 4.56. The van der Waals surface area contributed by atoms with E-state index in [1.807, 2.05) is 84.9 Å². The number of carbonyl (C=O) groups excluding carboxylic acids is 1. The molecule has 0 spiro atoms. The second-order valence-corrected chi connectivity index (χ2v) is 11.6. The third kappa shape index (κ3) is 5.74. The van der Waals surface area contributed by atoms with Crippen LogP contribution in [0.1, 0.15) is 61.8 Å². The summed E-state index contributed by atoms with van der Waals surface area (Å²) in [6.07, 6.45) is 0.760. The van der Waals surface area contributed by atoms with Gasteiger partial charge in [-0.25, -0.2) is 0 Å². The van der Waals surface area contributed by atoms with E-state index in [2.05, 4.69) is 42.8 Å². The van der Waals surface area contributed by atoms with Gasteiger partial charge in [0, 0.05) is 54.7 Å². The molecule has 1 aromatic heterocycles. The van der Waals surface area contributed by atoms with Crippen molar-refractivity contribution in [2.75, 3.05) is 26.2 Å². The molecule has 6 nitrogen and oxygen atoms in total. The monoisotopic (exact) mass is 536 g/mol. The van der Waals surface area contributed by atoms with Gasteiger partial charge in [-0.15, -0.1) is 0 Å². The second-order valence-electron chi connectivity index (χ2n) is 11.6. The molecule has 2 heterocycles. The molecule has 1 atom stereocenters. The van der Waals surface area contributed by atoms with Gasteiger partial charge in [0.15, 0.2) is 0 Å². The van der Waals surface area contributed by atoms with Gasteiger partial charge in [0.05, 0.1) is 17.3 Å². The van der Waals surface area contributed by atoms with Crippen molar-refractivity contribution in [3.63, 3.8) is 0 Å². The Hall–Kier alpha value is -3.74. The van der Waals surface area contributed by atoms with E-state index in [9.17, 15) is 9.59 Å². The number of hydrogen-bond acceptors (Lipinski definition) is 4. The number of rotatable bonds is 7. The molecule has 40 heavy (non-hydrogen) atoms. The quantitative estimate of drug-likeness (QED) is 0.325. The van der Waals surface area contributed by atoms with E-state index in [0.29, 0.717) is 22.9 Å². The smallest absolute Gasteiger partial charge is 0.263 e. The number of carbonyl (C=O) groups is 1. The molecule has 0 radical (unpaired) electrons. The summed E-state index contributed by atoms with van der Waals surface area (Å²) in [5.41, 5.74) is 3.16. The molecule has 4 aromatic rings. The van der Waals surface area contributed by atoms with Crippen LogP contribution in [0.3, 0.4) is 0 Å². The highest BCUT2D eigenvalue weighted by molar-refractivity contribution is 6.08. The maximum absolute atomic E-state index is 14.3. The minimum Gasteiger partial charge on any atom is -0.345 e. The zero-order valence-corrected chi connectivity index (χ0v) is 24.1. The van der Waals surface area contributed by atoms with E-state index in [0.717, 1.165) is 49.5 Å². The maximum atomic E-state index is 14.3. The molecule has 1 aliphatic heterocycles. The van der Waals surface area contributed by atoms with Gasteiger partial charge in [-0.3, -0.25) is 24.0 Å². The average molecular weight is 537 g/mol. The van der Waals surface area contributed by atoms with Crippen LogP contribution in [0.4, 0.5) is 0 Å². The number of amides is 1. The molecule has 6 heteroatoms. The summed E-state index contributed by atoms with van der Waals surface area (Å²) in [6.45, 7) is 13.0. The van der Waals surface area contributed by atoms with Gasteiger partial charge in [-0.2, -0.15) is 0 Å². The third-order valence-corrected chi connectivity index (χ3v) is 8.04. The molecule has 0 aliphatic carbocycles. The molecular weight excluding hydrogens is 496 g/mol. The van der Waals surface area contributed by atoms with Crippen LogP contribution >= 0.6 is 0 Å². The summed E-state index contributed by atoms with van der Waals surface area (Å²) in [7, 11) is 0. The van der Waals surface area contributed by atoms with Crippen LogP contribution in [0.25, 0.3) is 16.5 Å². The van der Waals surface area contributed by atoms with Gasteiger partial charge < -0.3 is 5.32 Å². The highest BCUT2D eigenvalue weighted by Gasteiger charge is 2.29. The van der Waals surface area contributed by atoms with Crippen molar-refractivity contribution in [3.8, 4) is 5.69 Å². The average Bonchev–Trinajstić information content (AvgIpc) is 2.97. The Balaban J connectivity index is 1.63. The lowest BCUT2D eigenvalue weighted by molar-refractivity contribution is 0.0581. The molecule has 0 unspecified atom stereocenters. The van der Waals surface area contributed by atoms with Gasteiger partial charge in [0.25, 0.3) is 11.5 Å². The Bertz CT molecular complexity index is 1520. The fourth-order valence-corrected chi connectivity index (χ4v) is 5.78. The maximum Gasteiger partial charge on any atom is 0.263 e. The summed E-state index contributed by atoms with van der Waals surface area (Å²) >= 11 is 0. The number of fused-ring (bicyclic) bond motifs is 1. The number of nitrogens with zero attached hydrogens (tertiary/aromatic N) is 3. The van der Waals surface area contributed by atoms with Crippen molar-refractivity contribution in [1.29, 1.82) is 0 Å². The van der Waals surface area contributed by atoms with Crippen LogP contribution in [0.2, 0.25) is 0 Å². The van der Waals surface area contributed by atoms with E-state index < -0.39 is 0 Å². The lowest BCUT2D eigenvalue weighted by Gasteiger charge is -2.42. The van der Waals surface area contributed by atoms with Gasteiger partial charge in [0.1, 0.15) is 0 Å².